The highest BCUT2D eigenvalue weighted by atomic mass is 16.1. The number of Topliss-reactive ketones (excluding diaryl/α,β-unsaturated/α-hetero) is 1. The van der Waals surface area contributed by atoms with Gasteiger partial charge in [-0.1, -0.05) is 0 Å². The highest BCUT2D eigenvalue weighted by molar-refractivity contribution is 5.75. The Hall–Kier alpha value is -0.370. The van der Waals surface area contributed by atoms with Crippen molar-refractivity contribution >= 4 is 5.78 Å². The molecule has 0 aromatic heterocycles. The summed E-state index contributed by atoms with van der Waals surface area (Å²) in [6.45, 7) is 3.96. The van der Waals surface area contributed by atoms with E-state index < -0.39 is 0 Å². The van der Waals surface area contributed by atoms with E-state index in [1.165, 1.54) is 12.8 Å². The summed E-state index contributed by atoms with van der Waals surface area (Å²) in [6, 6.07) is 0. The number of carbonyl (C=O) groups is 1. The van der Waals surface area contributed by atoms with Gasteiger partial charge in [-0.3, -0.25) is 0 Å². The first-order valence-corrected chi connectivity index (χ1v) is 4.49. The standard InChI is InChI=1S/C9H17NO/c1-8(11)2-3-9-4-6-10-7-5-9/h9-10H,2-7H2,1H3. The molecule has 0 unspecified atom stereocenters. The van der Waals surface area contributed by atoms with Gasteiger partial charge in [-0.05, 0) is 45.2 Å². The van der Waals surface area contributed by atoms with Gasteiger partial charge in [-0.25, -0.2) is 0 Å². The van der Waals surface area contributed by atoms with Crippen molar-refractivity contribution in [2.75, 3.05) is 13.1 Å². The molecule has 0 bridgehead atoms. The van der Waals surface area contributed by atoms with Gasteiger partial charge in [0.25, 0.3) is 0 Å². The zero-order valence-corrected chi connectivity index (χ0v) is 7.23. The second-order valence-corrected chi connectivity index (χ2v) is 3.43. The molecule has 1 N–H and O–H groups in total. The van der Waals surface area contributed by atoms with Crippen molar-refractivity contribution in [3.05, 3.63) is 0 Å². The van der Waals surface area contributed by atoms with Crippen molar-refractivity contribution in [1.29, 1.82) is 0 Å². The van der Waals surface area contributed by atoms with Gasteiger partial charge >= 0.3 is 0 Å². The lowest BCUT2D eigenvalue weighted by atomic mass is 9.92. The summed E-state index contributed by atoms with van der Waals surface area (Å²) in [5, 5.41) is 3.32. The first kappa shape index (κ1) is 8.72. The summed E-state index contributed by atoms with van der Waals surface area (Å²) < 4.78 is 0. The molecule has 0 radical (unpaired) electrons. The minimum atomic E-state index is 0.337. The maximum Gasteiger partial charge on any atom is 0.129 e. The third-order valence-corrected chi connectivity index (χ3v) is 2.36. The smallest absolute Gasteiger partial charge is 0.129 e. The van der Waals surface area contributed by atoms with E-state index in [-0.39, 0.29) is 0 Å². The van der Waals surface area contributed by atoms with Crippen molar-refractivity contribution in [1.82, 2.24) is 5.32 Å². The highest BCUT2D eigenvalue weighted by Crippen LogP contribution is 2.17. The van der Waals surface area contributed by atoms with Crippen LogP contribution in [0.4, 0.5) is 0 Å². The topological polar surface area (TPSA) is 29.1 Å². The van der Waals surface area contributed by atoms with Crippen LogP contribution in [0, 0.1) is 5.92 Å². The van der Waals surface area contributed by atoms with E-state index in [0.717, 1.165) is 31.8 Å². The molecule has 0 aromatic rings. The number of nitrogens with one attached hydrogen (secondary N) is 1. The van der Waals surface area contributed by atoms with Gasteiger partial charge in [0.2, 0.25) is 0 Å². The van der Waals surface area contributed by atoms with Gasteiger partial charge in [-0.15, -0.1) is 0 Å². The number of carbonyl (C=O) groups excluding carboxylic acids is 1. The molecular weight excluding hydrogens is 138 g/mol. The normalized spacial score (nSPS) is 20.1. The Morgan fingerprint density at radius 2 is 2.09 bits per heavy atom. The summed E-state index contributed by atoms with van der Waals surface area (Å²) in [5.41, 5.74) is 0. The lowest BCUT2D eigenvalue weighted by Gasteiger charge is -2.21. The van der Waals surface area contributed by atoms with Gasteiger partial charge in [0.15, 0.2) is 0 Å². The molecule has 0 aliphatic carbocycles. The predicted octanol–water partition coefficient (Wildman–Crippen LogP) is 1.36. The van der Waals surface area contributed by atoms with Crippen molar-refractivity contribution < 1.29 is 4.79 Å². The third kappa shape index (κ3) is 3.51. The second kappa shape index (κ2) is 4.50. The van der Waals surface area contributed by atoms with Crippen LogP contribution in [0.5, 0.6) is 0 Å². The lowest BCUT2D eigenvalue weighted by Crippen LogP contribution is -2.27. The summed E-state index contributed by atoms with van der Waals surface area (Å²) in [6.07, 6.45) is 4.40. The third-order valence-electron chi connectivity index (χ3n) is 2.36. The average Bonchev–Trinajstić information content (AvgIpc) is 2.03. The molecule has 2 nitrogen and oxygen atoms in total. The molecule has 1 rings (SSSR count). The first-order chi connectivity index (χ1) is 5.29. The fourth-order valence-corrected chi connectivity index (χ4v) is 1.58. The van der Waals surface area contributed by atoms with Crippen molar-refractivity contribution in [2.24, 2.45) is 5.92 Å². The van der Waals surface area contributed by atoms with E-state index in [9.17, 15) is 4.79 Å². The SMILES string of the molecule is CC(=O)CCC1CCNCC1. The van der Waals surface area contributed by atoms with Crippen LogP contribution in [-0.4, -0.2) is 18.9 Å². The molecular formula is C9H17NO. The van der Waals surface area contributed by atoms with E-state index in [1.807, 2.05) is 0 Å². The number of piperidine rings is 1. The van der Waals surface area contributed by atoms with Crippen LogP contribution >= 0.6 is 0 Å². The van der Waals surface area contributed by atoms with E-state index in [4.69, 9.17) is 0 Å². The molecule has 1 fully saturated rings. The largest absolute Gasteiger partial charge is 0.317 e. The van der Waals surface area contributed by atoms with Crippen LogP contribution in [0.2, 0.25) is 0 Å². The Morgan fingerprint density at radius 3 is 2.64 bits per heavy atom. The minimum Gasteiger partial charge on any atom is -0.317 e. The van der Waals surface area contributed by atoms with Crippen LogP contribution in [0.15, 0.2) is 0 Å². The Labute approximate surface area is 68.4 Å². The lowest BCUT2D eigenvalue weighted by molar-refractivity contribution is -0.117. The monoisotopic (exact) mass is 155 g/mol. The maximum absolute atomic E-state index is 10.7. The number of hydrogen-bond donors (Lipinski definition) is 1. The summed E-state index contributed by atoms with van der Waals surface area (Å²) in [7, 11) is 0. The van der Waals surface area contributed by atoms with Gasteiger partial charge in [-0.2, -0.15) is 0 Å². The molecule has 11 heavy (non-hydrogen) atoms. The molecule has 1 heterocycles. The zero-order chi connectivity index (χ0) is 8.10. The van der Waals surface area contributed by atoms with Crippen LogP contribution in [0.25, 0.3) is 0 Å². The molecule has 0 spiro atoms. The molecule has 1 aliphatic rings. The molecule has 0 aromatic carbocycles. The van der Waals surface area contributed by atoms with Crippen molar-refractivity contribution in [2.45, 2.75) is 32.6 Å². The van der Waals surface area contributed by atoms with E-state index in [1.54, 1.807) is 6.92 Å². The van der Waals surface area contributed by atoms with Crippen LogP contribution < -0.4 is 5.32 Å². The average molecular weight is 155 g/mol. The van der Waals surface area contributed by atoms with E-state index in [0.29, 0.717) is 5.78 Å². The molecule has 1 saturated heterocycles. The van der Waals surface area contributed by atoms with Gasteiger partial charge in [0, 0.05) is 6.42 Å². The van der Waals surface area contributed by atoms with Crippen molar-refractivity contribution in [3.8, 4) is 0 Å². The molecule has 0 amide bonds. The Morgan fingerprint density at radius 1 is 1.45 bits per heavy atom. The number of rotatable bonds is 3. The number of ketones is 1. The van der Waals surface area contributed by atoms with Gasteiger partial charge < -0.3 is 10.1 Å². The highest BCUT2D eigenvalue weighted by Gasteiger charge is 2.12. The molecule has 2 heteroatoms. The second-order valence-electron chi connectivity index (χ2n) is 3.43. The zero-order valence-electron chi connectivity index (χ0n) is 7.23. The maximum atomic E-state index is 10.7. The van der Waals surface area contributed by atoms with E-state index in [2.05, 4.69) is 5.32 Å². The summed E-state index contributed by atoms with van der Waals surface area (Å²) >= 11 is 0. The van der Waals surface area contributed by atoms with Crippen LogP contribution in [-0.2, 0) is 4.79 Å². The van der Waals surface area contributed by atoms with Crippen LogP contribution in [0.3, 0.4) is 0 Å². The fraction of sp³-hybridized carbons (Fsp3) is 0.889. The fourth-order valence-electron chi connectivity index (χ4n) is 1.58. The van der Waals surface area contributed by atoms with Crippen molar-refractivity contribution in [3.63, 3.8) is 0 Å². The molecule has 0 atom stereocenters. The Kier molecular flexibility index (Phi) is 3.57. The van der Waals surface area contributed by atoms with E-state index >= 15 is 0 Å². The molecule has 1 aliphatic heterocycles. The minimum absolute atomic E-state index is 0.337. The van der Waals surface area contributed by atoms with Gasteiger partial charge in [0.1, 0.15) is 5.78 Å². The summed E-state index contributed by atoms with van der Waals surface area (Å²) in [5.74, 6) is 1.14. The molecule has 0 saturated carbocycles. The first-order valence-electron chi connectivity index (χ1n) is 4.49. The van der Waals surface area contributed by atoms with Crippen LogP contribution in [0.1, 0.15) is 32.6 Å². The molecule has 64 valence electrons. The Balaban J connectivity index is 2.09. The number of hydrogen-bond acceptors (Lipinski definition) is 2. The van der Waals surface area contributed by atoms with Gasteiger partial charge in [0.05, 0.1) is 0 Å². The summed E-state index contributed by atoms with van der Waals surface area (Å²) in [4.78, 5) is 10.7. The Bertz CT molecular complexity index is 128. The quantitative estimate of drug-likeness (QED) is 0.666. The predicted molar refractivity (Wildman–Crippen MR) is 45.5 cm³/mol.